The maximum atomic E-state index is 9.52. The summed E-state index contributed by atoms with van der Waals surface area (Å²) in [5, 5.41) is 10.6. The minimum atomic E-state index is 0.202. The second kappa shape index (κ2) is 7.21. The van der Waals surface area contributed by atoms with Gasteiger partial charge in [0.05, 0.1) is 5.39 Å². The van der Waals surface area contributed by atoms with Gasteiger partial charge in [0.15, 0.2) is 0 Å². The van der Waals surface area contributed by atoms with Gasteiger partial charge >= 0.3 is 0 Å². The summed E-state index contributed by atoms with van der Waals surface area (Å²) in [5.74, 6) is 0.980. The molecule has 3 heterocycles. The average Bonchev–Trinajstić information content (AvgIpc) is 3.13. The SMILES string of the molecule is OCC[C@H]1CN(c2ncnc3[nH]ccc23)CCN1Cc1ccccc1. The van der Waals surface area contributed by atoms with E-state index < -0.39 is 0 Å². The van der Waals surface area contributed by atoms with E-state index >= 15 is 0 Å². The van der Waals surface area contributed by atoms with Gasteiger partial charge in [0.2, 0.25) is 0 Å². The van der Waals surface area contributed by atoms with Crippen LogP contribution < -0.4 is 4.90 Å². The summed E-state index contributed by atoms with van der Waals surface area (Å²) in [6, 6.07) is 12.9. The van der Waals surface area contributed by atoms with Crippen molar-refractivity contribution in [1.29, 1.82) is 0 Å². The summed E-state index contributed by atoms with van der Waals surface area (Å²) in [5.41, 5.74) is 2.18. The highest BCUT2D eigenvalue weighted by Crippen LogP contribution is 2.26. The first-order valence-corrected chi connectivity index (χ1v) is 8.77. The Morgan fingerprint density at radius 2 is 2.00 bits per heavy atom. The van der Waals surface area contributed by atoms with E-state index in [1.165, 1.54) is 5.56 Å². The molecule has 1 aliphatic rings. The standard InChI is InChI=1S/C19H23N5O/c25-11-7-16-13-24(19-17-6-8-20-18(17)21-14-22-19)10-9-23(16)12-15-4-2-1-3-5-15/h1-6,8,14,16,25H,7,9-13H2,(H,20,21,22)/t16-/m0/s1. The third-order valence-electron chi connectivity index (χ3n) is 4.93. The van der Waals surface area contributed by atoms with E-state index in [4.69, 9.17) is 0 Å². The van der Waals surface area contributed by atoms with E-state index in [-0.39, 0.29) is 6.61 Å². The molecule has 0 radical (unpaired) electrons. The molecule has 6 nitrogen and oxygen atoms in total. The molecule has 1 saturated heterocycles. The van der Waals surface area contributed by atoms with Gasteiger partial charge in [-0.05, 0) is 18.1 Å². The van der Waals surface area contributed by atoms with Gasteiger partial charge in [-0.3, -0.25) is 4.90 Å². The molecule has 2 N–H and O–H groups in total. The lowest BCUT2D eigenvalue weighted by atomic mass is 10.1. The number of fused-ring (bicyclic) bond motifs is 1. The number of nitrogens with one attached hydrogen (secondary N) is 1. The van der Waals surface area contributed by atoms with Crippen molar-refractivity contribution in [2.75, 3.05) is 31.1 Å². The monoisotopic (exact) mass is 337 g/mol. The van der Waals surface area contributed by atoms with Crippen molar-refractivity contribution >= 4 is 16.9 Å². The minimum absolute atomic E-state index is 0.202. The summed E-state index contributed by atoms with van der Waals surface area (Å²) in [6.07, 6.45) is 4.29. The molecular formula is C19H23N5O. The van der Waals surface area contributed by atoms with Crippen LogP contribution in [0.5, 0.6) is 0 Å². The smallest absolute Gasteiger partial charge is 0.142 e. The molecule has 1 aliphatic heterocycles. The number of aromatic amines is 1. The summed E-state index contributed by atoms with van der Waals surface area (Å²) >= 11 is 0. The number of piperazine rings is 1. The Kier molecular flexibility index (Phi) is 4.63. The lowest BCUT2D eigenvalue weighted by Gasteiger charge is -2.42. The number of rotatable bonds is 5. The van der Waals surface area contributed by atoms with Gasteiger partial charge in [0.25, 0.3) is 0 Å². The van der Waals surface area contributed by atoms with Gasteiger partial charge in [-0.25, -0.2) is 9.97 Å². The van der Waals surface area contributed by atoms with Crippen LogP contribution in [0.3, 0.4) is 0 Å². The van der Waals surface area contributed by atoms with Crippen LogP contribution in [0.25, 0.3) is 11.0 Å². The number of anilines is 1. The van der Waals surface area contributed by atoms with Crippen molar-refractivity contribution in [3.05, 3.63) is 54.5 Å². The van der Waals surface area contributed by atoms with E-state index in [0.717, 1.165) is 49.5 Å². The molecule has 130 valence electrons. The number of benzene rings is 1. The minimum Gasteiger partial charge on any atom is -0.396 e. The van der Waals surface area contributed by atoms with E-state index in [0.29, 0.717) is 6.04 Å². The highest BCUT2D eigenvalue weighted by atomic mass is 16.3. The Hall–Kier alpha value is -2.44. The van der Waals surface area contributed by atoms with Crippen LogP contribution in [-0.2, 0) is 6.54 Å². The number of nitrogens with zero attached hydrogens (tertiary/aromatic N) is 4. The number of aromatic nitrogens is 3. The number of hydrogen-bond acceptors (Lipinski definition) is 5. The Morgan fingerprint density at radius 3 is 2.84 bits per heavy atom. The lowest BCUT2D eigenvalue weighted by molar-refractivity contribution is 0.135. The molecule has 25 heavy (non-hydrogen) atoms. The predicted octanol–water partition coefficient (Wildman–Crippen LogP) is 2.03. The van der Waals surface area contributed by atoms with Crippen molar-refractivity contribution in [3.63, 3.8) is 0 Å². The second-order valence-corrected chi connectivity index (χ2v) is 6.51. The zero-order valence-corrected chi connectivity index (χ0v) is 14.2. The van der Waals surface area contributed by atoms with Crippen molar-refractivity contribution in [2.24, 2.45) is 0 Å². The molecule has 1 aromatic carbocycles. The third kappa shape index (κ3) is 3.36. The number of hydrogen-bond donors (Lipinski definition) is 2. The summed E-state index contributed by atoms with van der Waals surface area (Å²) in [6.45, 7) is 3.86. The number of H-pyrrole nitrogens is 1. The molecular weight excluding hydrogens is 314 g/mol. The van der Waals surface area contributed by atoms with E-state index in [1.54, 1.807) is 6.33 Å². The highest BCUT2D eigenvalue weighted by Gasteiger charge is 2.28. The Morgan fingerprint density at radius 1 is 1.12 bits per heavy atom. The predicted molar refractivity (Wildman–Crippen MR) is 98.4 cm³/mol. The van der Waals surface area contributed by atoms with E-state index in [9.17, 15) is 5.11 Å². The van der Waals surface area contributed by atoms with Crippen molar-refractivity contribution in [3.8, 4) is 0 Å². The van der Waals surface area contributed by atoms with Crippen LogP contribution >= 0.6 is 0 Å². The maximum Gasteiger partial charge on any atom is 0.142 e. The van der Waals surface area contributed by atoms with Crippen LogP contribution in [0, 0.1) is 0 Å². The topological polar surface area (TPSA) is 68.3 Å². The van der Waals surface area contributed by atoms with Crippen LogP contribution in [0.2, 0.25) is 0 Å². The van der Waals surface area contributed by atoms with Crippen LogP contribution in [0.1, 0.15) is 12.0 Å². The summed E-state index contributed by atoms with van der Waals surface area (Å²) in [4.78, 5) is 16.7. The third-order valence-corrected chi connectivity index (χ3v) is 4.93. The van der Waals surface area contributed by atoms with Crippen LogP contribution in [0.4, 0.5) is 5.82 Å². The molecule has 4 rings (SSSR count). The molecule has 0 bridgehead atoms. The van der Waals surface area contributed by atoms with Gasteiger partial charge in [-0.1, -0.05) is 30.3 Å². The van der Waals surface area contributed by atoms with Crippen LogP contribution in [0.15, 0.2) is 48.9 Å². The van der Waals surface area contributed by atoms with Gasteiger partial charge in [0.1, 0.15) is 17.8 Å². The molecule has 0 spiro atoms. The molecule has 0 saturated carbocycles. The van der Waals surface area contributed by atoms with Gasteiger partial charge in [0, 0.05) is 45.0 Å². The van der Waals surface area contributed by atoms with Crippen LogP contribution in [-0.4, -0.2) is 57.2 Å². The number of aliphatic hydroxyl groups is 1. The highest BCUT2D eigenvalue weighted by molar-refractivity contribution is 5.87. The first-order chi connectivity index (χ1) is 12.3. The Labute approximate surface area is 147 Å². The molecule has 3 aromatic rings. The van der Waals surface area contributed by atoms with Crippen molar-refractivity contribution in [2.45, 2.75) is 19.0 Å². The first-order valence-electron chi connectivity index (χ1n) is 8.77. The number of aliphatic hydroxyl groups excluding tert-OH is 1. The Bertz CT molecular complexity index is 819. The fraction of sp³-hybridized carbons (Fsp3) is 0.368. The molecule has 1 atom stereocenters. The second-order valence-electron chi connectivity index (χ2n) is 6.51. The zero-order valence-electron chi connectivity index (χ0n) is 14.2. The molecule has 1 fully saturated rings. The largest absolute Gasteiger partial charge is 0.396 e. The van der Waals surface area contributed by atoms with Crippen molar-refractivity contribution in [1.82, 2.24) is 19.9 Å². The first kappa shape index (κ1) is 16.1. The fourth-order valence-electron chi connectivity index (χ4n) is 3.64. The normalized spacial score (nSPS) is 18.8. The summed E-state index contributed by atoms with van der Waals surface area (Å²) < 4.78 is 0. The van der Waals surface area contributed by atoms with E-state index in [1.807, 2.05) is 18.3 Å². The molecule has 0 aliphatic carbocycles. The van der Waals surface area contributed by atoms with Gasteiger partial charge < -0.3 is 15.0 Å². The average molecular weight is 337 g/mol. The molecule has 0 amide bonds. The quantitative estimate of drug-likeness (QED) is 0.746. The van der Waals surface area contributed by atoms with Crippen molar-refractivity contribution < 1.29 is 5.11 Å². The van der Waals surface area contributed by atoms with Gasteiger partial charge in [-0.15, -0.1) is 0 Å². The molecule has 6 heteroatoms. The van der Waals surface area contributed by atoms with Gasteiger partial charge in [-0.2, -0.15) is 0 Å². The van der Waals surface area contributed by atoms with E-state index in [2.05, 4.69) is 49.0 Å². The fourth-order valence-corrected chi connectivity index (χ4v) is 3.64. The lowest BCUT2D eigenvalue weighted by Crippen LogP contribution is -2.53. The molecule has 2 aromatic heterocycles. The summed E-state index contributed by atoms with van der Waals surface area (Å²) in [7, 11) is 0. The Balaban J connectivity index is 1.54. The molecule has 0 unspecified atom stereocenters. The zero-order chi connectivity index (χ0) is 17.1. The maximum absolute atomic E-state index is 9.52.